The summed E-state index contributed by atoms with van der Waals surface area (Å²) in [4.78, 5) is 50.4. The number of ether oxygens (including phenoxy) is 1. The molecule has 3 aliphatic rings. The molecule has 0 radical (unpaired) electrons. The van der Waals surface area contributed by atoms with Crippen molar-refractivity contribution in [1.29, 1.82) is 0 Å². The second-order valence-electron chi connectivity index (χ2n) is 9.03. The number of piperazine rings is 1. The molecule has 2 saturated heterocycles. The number of likely N-dealkylation sites (N-methyl/N-ethyl adjacent to an activating group) is 1. The number of fused-ring (bicyclic) bond motifs is 1. The van der Waals surface area contributed by atoms with Crippen LogP contribution in [-0.2, 0) is 14.4 Å². The highest BCUT2D eigenvalue weighted by Gasteiger charge is 2.36. The SMILES string of the molecule is CN1CCN(CCCCN2C(=O)CN(/N=C3\CCOc4ccc(Cl)cc43)C2=O)CC1.O=C(O)/C=C/C(=O)O. The molecule has 0 unspecified atom stereocenters. The van der Waals surface area contributed by atoms with Gasteiger partial charge < -0.3 is 24.7 Å². The van der Waals surface area contributed by atoms with Crippen molar-refractivity contribution in [2.75, 3.05) is 59.5 Å². The minimum Gasteiger partial charge on any atom is -0.492 e. The van der Waals surface area contributed by atoms with E-state index in [0.29, 0.717) is 42.5 Å². The Morgan fingerprint density at radius 3 is 2.37 bits per heavy atom. The number of amides is 3. The third-order valence-electron chi connectivity index (χ3n) is 6.20. The monoisotopic (exact) mass is 549 g/mol. The Morgan fingerprint density at radius 1 is 1.05 bits per heavy atom. The molecule has 0 aromatic heterocycles. The van der Waals surface area contributed by atoms with Gasteiger partial charge in [-0.25, -0.2) is 19.4 Å². The minimum absolute atomic E-state index is 0.0163. The Kier molecular flexibility index (Phi) is 10.6. The number of unbranched alkanes of at least 4 members (excludes halogenated alkanes) is 1. The first-order chi connectivity index (χ1) is 18.1. The van der Waals surface area contributed by atoms with Crippen LogP contribution in [0, 0.1) is 0 Å². The van der Waals surface area contributed by atoms with Crippen LogP contribution < -0.4 is 4.74 Å². The fraction of sp³-hybridized carbons (Fsp3) is 0.480. The van der Waals surface area contributed by atoms with E-state index in [9.17, 15) is 19.2 Å². The Hall–Kier alpha value is -3.48. The number of imide groups is 1. The lowest BCUT2D eigenvalue weighted by Crippen LogP contribution is -2.44. The summed E-state index contributed by atoms with van der Waals surface area (Å²) < 4.78 is 5.64. The number of nitrogens with zero attached hydrogens (tertiary/aromatic N) is 5. The molecule has 4 rings (SSSR count). The molecule has 3 aliphatic heterocycles. The molecule has 13 heteroatoms. The van der Waals surface area contributed by atoms with Crippen LogP contribution in [0.5, 0.6) is 5.75 Å². The zero-order valence-electron chi connectivity index (χ0n) is 21.2. The molecule has 0 spiro atoms. The maximum Gasteiger partial charge on any atom is 0.347 e. The number of benzene rings is 1. The van der Waals surface area contributed by atoms with Gasteiger partial charge in [0.25, 0.3) is 5.91 Å². The van der Waals surface area contributed by atoms with Crippen LogP contribution in [0.25, 0.3) is 0 Å². The second-order valence-corrected chi connectivity index (χ2v) is 9.47. The summed E-state index contributed by atoms with van der Waals surface area (Å²) >= 11 is 6.11. The van der Waals surface area contributed by atoms with Crippen LogP contribution in [0.3, 0.4) is 0 Å². The van der Waals surface area contributed by atoms with Gasteiger partial charge in [-0.15, -0.1) is 0 Å². The Morgan fingerprint density at radius 2 is 1.71 bits per heavy atom. The number of carboxylic acids is 2. The number of aliphatic carboxylic acids is 2. The molecular weight excluding hydrogens is 518 g/mol. The Bertz CT molecular complexity index is 1090. The van der Waals surface area contributed by atoms with Gasteiger partial charge in [0.1, 0.15) is 12.3 Å². The third kappa shape index (κ3) is 8.54. The van der Waals surface area contributed by atoms with Crippen molar-refractivity contribution in [2.24, 2.45) is 5.10 Å². The molecule has 1 aromatic carbocycles. The highest BCUT2D eigenvalue weighted by Crippen LogP contribution is 2.28. The van der Waals surface area contributed by atoms with Crippen molar-refractivity contribution in [3.05, 3.63) is 40.9 Å². The molecule has 0 saturated carbocycles. The Labute approximate surface area is 225 Å². The van der Waals surface area contributed by atoms with E-state index >= 15 is 0 Å². The molecule has 12 nitrogen and oxygen atoms in total. The summed E-state index contributed by atoms with van der Waals surface area (Å²) in [5.41, 5.74) is 1.50. The van der Waals surface area contributed by atoms with Gasteiger partial charge in [-0.05, 0) is 44.6 Å². The number of hydrogen-bond donors (Lipinski definition) is 2. The molecule has 2 N–H and O–H groups in total. The van der Waals surface area contributed by atoms with Crippen LogP contribution in [0.15, 0.2) is 35.5 Å². The number of hydrazone groups is 1. The van der Waals surface area contributed by atoms with Gasteiger partial charge in [-0.3, -0.25) is 9.69 Å². The molecule has 3 heterocycles. The third-order valence-corrected chi connectivity index (χ3v) is 6.43. The summed E-state index contributed by atoms with van der Waals surface area (Å²) in [6, 6.07) is 5.00. The van der Waals surface area contributed by atoms with E-state index < -0.39 is 11.9 Å². The molecule has 3 amide bonds. The summed E-state index contributed by atoms with van der Waals surface area (Å²) in [6.07, 6.45) is 3.46. The molecule has 206 valence electrons. The van der Waals surface area contributed by atoms with Crippen molar-refractivity contribution in [2.45, 2.75) is 19.3 Å². The predicted molar refractivity (Wildman–Crippen MR) is 139 cm³/mol. The van der Waals surface area contributed by atoms with E-state index in [1.54, 1.807) is 18.2 Å². The number of carbonyl (C=O) groups is 4. The normalized spacial score (nSPS) is 19.4. The first-order valence-corrected chi connectivity index (χ1v) is 12.7. The van der Waals surface area contributed by atoms with Crippen molar-refractivity contribution in [1.82, 2.24) is 19.7 Å². The predicted octanol–water partition coefficient (Wildman–Crippen LogP) is 1.83. The molecular formula is C25H32ClN5O7. The smallest absolute Gasteiger partial charge is 0.347 e. The van der Waals surface area contributed by atoms with Crippen molar-refractivity contribution < 1.29 is 34.1 Å². The number of urea groups is 1. The number of hydrogen-bond acceptors (Lipinski definition) is 8. The average Bonchev–Trinajstić information content (AvgIpc) is 3.14. The molecule has 2 fully saturated rings. The summed E-state index contributed by atoms with van der Waals surface area (Å²) in [6.45, 7) is 6.27. The largest absolute Gasteiger partial charge is 0.492 e. The Balaban J connectivity index is 0.000000436. The van der Waals surface area contributed by atoms with E-state index in [1.807, 2.05) is 0 Å². The van der Waals surface area contributed by atoms with Gasteiger partial charge in [0.15, 0.2) is 0 Å². The lowest BCUT2D eigenvalue weighted by Gasteiger charge is -2.32. The zero-order chi connectivity index (χ0) is 27.7. The van der Waals surface area contributed by atoms with Crippen LogP contribution in [0.1, 0.15) is 24.8 Å². The highest BCUT2D eigenvalue weighted by molar-refractivity contribution is 6.31. The first-order valence-electron chi connectivity index (χ1n) is 12.3. The first kappa shape index (κ1) is 29.1. The van der Waals surface area contributed by atoms with Crippen LogP contribution >= 0.6 is 11.6 Å². The van der Waals surface area contributed by atoms with Crippen molar-refractivity contribution >= 4 is 41.2 Å². The topological polar surface area (TPSA) is 143 Å². The number of halogens is 1. The maximum absolute atomic E-state index is 12.8. The number of carboxylic acid groups (broad SMARTS) is 2. The standard InChI is InChI=1S/C21H28ClN5O3.C4H4O4/c1-24-9-11-25(12-10-24)7-2-3-8-26-20(28)15-27(21(26)29)23-18-6-13-30-19-5-4-16(22)14-17(18)19;5-3(6)1-2-4(7)8/h4-5,14H,2-3,6-13,15H2,1H3;1-2H,(H,5,6)(H,7,8)/b23-18+;2-1+. The van der Waals surface area contributed by atoms with Crippen LogP contribution in [0.4, 0.5) is 4.79 Å². The second kappa shape index (κ2) is 13.9. The summed E-state index contributed by atoms with van der Waals surface area (Å²) in [5, 5.41) is 22.0. The fourth-order valence-corrected chi connectivity index (χ4v) is 4.31. The molecule has 0 aliphatic carbocycles. The van der Waals surface area contributed by atoms with Gasteiger partial charge in [-0.2, -0.15) is 5.10 Å². The van der Waals surface area contributed by atoms with E-state index in [1.165, 1.54) is 9.91 Å². The molecule has 1 aromatic rings. The maximum atomic E-state index is 12.8. The molecule has 38 heavy (non-hydrogen) atoms. The van der Waals surface area contributed by atoms with Crippen LogP contribution in [0.2, 0.25) is 5.02 Å². The van der Waals surface area contributed by atoms with Crippen molar-refractivity contribution in [3.63, 3.8) is 0 Å². The van der Waals surface area contributed by atoms with Gasteiger partial charge in [-0.1, -0.05) is 11.6 Å². The zero-order valence-corrected chi connectivity index (χ0v) is 22.0. The molecule has 0 atom stereocenters. The lowest BCUT2D eigenvalue weighted by atomic mass is 10.0. The number of carbonyl (C=O) groups excluding carboxylic acids is 2. The van der Waals surface area contributed by atoms with E-state index in [-0.39, 0.29) is 18.5 Å². The van der Waals surface area contributed by atoms with Gasteiger partial charge in [0, 0.05) is 61.9 Å². The number of rotatable bonds is 8. The summed E-state index contributed by atoms with van der Waals surface area (Å²) in [5.74, 6) is -2.01. The van der Waals surface area contributed by atoms with E-state index in [4.69, 9.17) is 26.6 Å². The van der Waals surface area contributed by atoms with Crippen molar-refractivity contribution in [3.8, 4) is 5.75 Å². The average molecular weight is 550 g/mol. The van der Waals surface area contributed by atoms with E-state index in [0.717, 1.165) is 56.8 Å². The van der Waals surface area contributed by atoms with Gasteiger partial charge in [0.2, 0.25) is 0 Å². The van der Waals surface area contributed by atoms with Gasteiger partial charge in [0.05, 0.1) is 12.3 Å². The summed E-state index contributed by atoms with van der Waals surface area (Å²) in [7, 11) is 2.14. The van der Waals surface area contributed by atoms with E-state index in [2.05, 4.69) is 21.9 Å². The lowest BCUT2D eigenvalue weighted by molar-refractivity contribution is -0.134. The molecule has 0 bridgehead atoms. The van der Waals surface area contributed by atoms with Gasteiger partial charge >= 0.3 is 18.0 Å². The van der Waals surface area contributed by atoms with Crippen LogP contribution in [-0.4, -0.2) is 119 Å². The highest BCUT2D eigenvalue weighted by atomic mass is 35.5. The minimum atomic E-state index is -1.26. The quantitative estimate of drug-likeness (QED) is 0.282. The fourth-order valence-electron chi connectivity index (χ4n) is 4.14.